The van der Waals surface area contributed by atoms with Crippen LogP contribution in [0.4, 0.5) is 0 Å². The Morgan fingerprint density at radius 3 is 2.25 bits per heavy atom. The number of fused-ring (bicyclic) bond motifs is 1. The summed E-state index contributed by atoms with van der Waals surface area (Å²) in [4.78, 5) is 2.97. The fraction of sp³-hybridized carbons (Fsp3) is 0. The zero-order valence-electron chi connectivity index (χ0n) is 7.95. The summed E-state index contributed by atoms with van der Waals surface area (Å²) in [6.07, 6.45) is 1.79. The number of aromatic hydroxyl groups is 1. The van der Waals surface area contributed by atoms with Crippen LogP contribution >= 0.6 is 0 Å². The minimum absolute atomic E-state index is 0.295. The molecule has 2 N–H and O–H groups in total. The molecule has 0 aliphatic rings. The second-order valence-electron chi connectivity index (χ2n) is 2.82. The summed E-state index contributed by atoms with van der Waals surface area (Å²) in [6.45, 7) is 0. The number of aromatic nitrogens is 1. The highest BCUT2D eigenvalue weighted by molar-refractivity contribution is 7.79. The van der Waals surface area contributed by atoms with E-state index in [0.29, 0.717) is 5.75 Å². The van der Waals surface area contributed by atoms with Gasteiger partial charge < -0.3 is 14.2 Å². The monoisotopic (exact) mass is 242 g/mol. The maximum absolute atomic E-state index is 9.34. The Morgan fingerprint density at radius 2 is 1.69 bits per heavy atom. The van der Waals surface area contributed by atoms with Gasteiger partial charge in [0.2, 0.25) is 0 Å². The van der Waals surface area contributed by atoms with E-state index in [1.807, 2.05) is 24.3 Å². The number of hydrogen-bond acceptors (Lipinski definition) is 5. The van der Waals surface area contributed by atoms with Crippen molar-refractivity contribution in [3.05, 3.63) is 36.5 Å². The van der Waals surface area contributed by atoms with Crippen LogP contribution in [0, 0.1) is 0 Å². The van der Waals surface area contributed by atoms with E-state index in [1.165, 1.54) is 0 Å². The van der Waals surface area contributed by atoms with Crippen LogP contribution in [-0.4, -0.2) is 22.6 Å². The van der Waals surface area contributed by atoms with Gasteiger partial charge in [-0.1, -0.05) is 6.07 Å². The second-order valence-corrected chi connectivity index (χ2v) is 3.64. The van der Waals surface area contributed by atoms with Gasteiger partial charge in [0.05, 0.1) is 5.39 Å². The second kappa shape index (κ2) is 4.88. The van der Waals surface area contributed by atoms with Crippen molar-refractivity contribution in [2.24, 2.45) is 0 Å². The molecule has 2 aromatic rings. The Balaban J connectivity index is 0.000000221. The van der Waals surface area contributed by atoms with E-state index in [9.17, 15) is 5.11 Å². The average Bonchev–Trinajstić information content (AvgIpc) is 2.16. The van der Waals surface area contributed by atoms with E-state index in [1.54, 1.807) is 12.3 Å². The Morgan fingerprint density at radius 1 is 1.12 bits per heavy atom. The van der Waals surface area contributed by atoms with Gasteiger partial charge in [-0.15, -0.1) is 0 Å². The summed E-state index contributed by atoms with van der Waals surface area (Å²) >= 11 is 0. The zero-order chi connectivity index (χ0) is 12.2. The molecular weight excluding hydrogens is 234 g/mol. The number of nitrogens with one attached hydrogen (secondary N) is 1. The van der Waals surface area contributed by atoms with Crippen LogP contribution in [0.3, 0.4) is 0 Å². The maximum atomic E-state index is 9.34. The van der Waals surface area contributed by atoms with Gasteiger partial charge in [0.1, 0.15) is 0 Å². The highest BCUT2D eigenvalue weighted by atomic mass is 32.3. The minimum atomic E-state index is -5.17. The molecule has 0 amide bonds. The predicted molar refractivity (Wildman–Crippen MR) is 52.6 cm³/mol. The van der Waals surface area contributed by atoms with Crippen molar-refractivity contribution in [2.75, 3.05) is 0 Å². The highest BCUT2D eigenvalue weighted by Gasteiger charge is 2.02. The summed E-state index contributed by atoms with van der Waals surface area (Å²) in [5.74, 6) is 0.295. The minimum Gasteiger partial charge on any atom is -0.759 e. The van der Waals surface area contributed by atoms with E-state index in [2.05, 4.69) is 4.98 Å². The molecule has 0 fully saturated rings. The van der Waals surface area contributed by atoms with Crippen LogP contribution in [0.25, 0.3) is 10.9 Å². The first-order valence-corrected chi connectivity index (χ1v) is 5.46. The average molecular weight is 242 g/mol. The lowest BCUT2D eigenvalue weighted by molar-refractivity contribution is -0.345. The van der Waals surface area contributed by atoms with Crippen molar-refractivity contribution in [1.82, 2.24) is 0 Å². The molecule has 16 heavy (non-hydrogen) atoms. The van der Waals surface area contributed by atoms with Gasteiger partial charge in [-0.3, -0.25) is 8.42 Å². The smallest absolute Gasteiger partial charge is 0.252 e. The molecule has 2 rings (SSSR count). The third-order valence-corrected chi connectivity index (χ3v) is 1.67. The normalized spacial score (nSPS) is 10.6. The van der Waals surface area contributed by atoms with Crippen molar-refractivity contribution in [3.63, 3.8) is 0 Å². The first-order chi connectivity index (χ1) is 7.38. The SMILES string of the molecule is O=S(=O)([O-])[O-].Oc1cccc2ccc[nH+]c12. The van der Waals surface area contributed by atoms with E-state index >= 15 is 0 Å². The Hall–Kier alpha value is -1.70. The molecule has 0 saturated heterocycles. The van der Waals surface area contributed by atoms with Gasteiger partial charge >= 0.3 is 0 Å². The fourth-order valence-corrected chi connectivity index (χ4v) is 1.14. The van der Waals surface area contributed by atoms with E-state index < -0.39 is 10.4 Å². The zero-order valence-corrected chi connectivity index (χ0v) is 8.77. The summed E-state index contributed by atoms with van der Waals surface area (Å²) in [6, 6.07) is 9.29. The molecule has 1 aromatic heterocycles. The summed E-state index contributed by atoms with van der Waals surface area (Å²) in [5, 5.41) is 10.4. The number of H-pyrrole nitrogens is 1. The molecule has 0 bridgehead atoms. The molecule has 6 nitrogen and oxygen atoms in total. The van der Waals surface area contributed by atoms with Crippen molar-refractivity contribution in [2.45, 2.75) is 0 Å². The van der Waals surface area contributed by atoms with Gasteiger partial charge in [-0.25, -0.2) is 4.98 Å². The van der Waals surface area contributed by atoms with Crippen molar-refractivity contribution in [3.8, 4) is 5.75 Å². The molecular formula is C9H8NO5S-. The number of pyridine rings is 1. The lowest BCUT2D eigenvalue weighted by atomic mass is 10.2. The molecule has 86 valence electrons. The van der Waals surface area contributed by atoms with Gasteiger partial charge in [0, 0.05) is 16.5 Å². The topological polar surface area (TPSA) is 115 Å². The number of hydrogen-bond donors (Lipinski definition) is 1. The summed E-state index contributed by atoms with van der Waals surface area (Å²) < 4.78 is 34.1. The lowest BCUT2D eigenvalue weighted by Gasteiger charge is -2.06. The molecule has 0 atom stereocenters. The van der Waals surface area contributed by atoms with Crippen LogP contribution < -0.4 is 4.98 Å². The first-order valence-electron chi connectivity index (χ1n) is 4.13. The first kappa shape index (κ1) is 12.4. The van der Waals surface area contributed by atoms with Gasteiger partial charge in [-0.2, -0.15) is 0 Å². The molecule has 0 radical (unpaired) electrons. The molecule has 0 saturated carbocycles. The van der Waals surface area contributed by atoms with Crippen LogP contribution in [0.15, 0.2) is 36.5 Å². The number of aromatic amines is 1. The number of rotatable bonds is 0. The predicted octanol–water partition coefficient (Wildman–Crippen LogP) is 0.0215. The molecule has 1 heterocycles. The quantitative estimate of drug-likeness (QED) is 0.516. The van der Waals surface area contributed by atoms with E-state index in [-0.39, 0.29) is 0 Å². The Bertz CT molecular complexity index is 568. The number of para-hydroxylation sites is 1. The van der Waals surface area contributed by atoms with Gasteiger partial charge in [0.15, 0.2) is 11.9 Å². The molecule has 0 unspecified atom stereocenters. The van der Waals surface area contributed by atoms with Gasteiger partial charge in [0.25, 0.3) is 5.52 Å². The van der Waals surface area contributed by atoms with Crippen LogP contribution in [-0.2, 0) is 10.4 Å². The fourth-order valence-electron chi connectivity index (χ4n) is 1.14. The van der Waals surface area contributed by atoms with Crippen LogP contribution in [0.5, 0.6) is 5.75 Å². The van der Waals surface area contributed by atoms with Crippen LogP contribution in [0.1, 0.15) is 0 Å². The number of benzene rings is 1. The molecule has 7 heteroatoms. The lowest BCUT2D eigenvalue weighted by Crippen LogP contribution is -2.00. The molecule has 0 spiro atoms. The van der Waals surface area contributed by atoms with Crippen molar-refractivity contribution in [1.29, 1.82) is 0 Å². The maximum Gasteiger partial charge on any atom is 0.252 e. The standard InChI is InChI=1S/C9H7NO.H2O4S/c11-8-5-1-3-7-4-2-6-10-9(7)8;1-5(2,3)4/h1-6,11H;(H2,1,2,3,4)/p-1. The summed E-state index contributed by atoms with van der Waals surface area (Å²) in [7, 11) is -5.17. The third kappa shape index (κ3) is 4.22. The van der Waals surface area contributed by atoms with E-state index in [0.717, 1.165) is 10.9 Å². The molecule has 1 aromatic carbocycles. The number of phenols is 1. The van der Waals surface area contributed by atoms with Crippen molar-refractivity contribution < 1.29 is 27.6 Å². The molecule has 0 aliphatic heterocycles. The number of phenolic OH excluding ortho intramolecular Hbond substituents is 1. The van der Waals surface area contributed by atoms with Crippen molar-refractivity contribution >= 4 is 21.3 Å². The van der Waals surface area contributed by atoms with Crippen LogP contribution in [0.2, 0.25) is 0 Å². The highest BCUT2D eigenvalue weighted by Crippen LogP contribution is 2.18. The summed E-state index contributed by atoms with van der Waals surface area (Å²) in [5.41, 5.74) is 0.787. The Kier molecular flexibility index (Phi) is 3.78. The van der Waals surface area contributed by atoms with E-state index in [4.69, 9.17) is 17.5 Å². The largest absolute Gasteiger partial charge is 0.759 e. The van der Waals surface area contributed by atoms with Gasteiger partial charge in [-0.05, 0) is 18.2 Å². The Labute approximate surface area is 91.8 Å². The molecule has 0 aliphatic carbocycles. The third-order valence-electron chi connectivity index (χ3n) is 1.67.